The largest absolute Gasteiger partial charge is 0.480 e. The second kappa shape index (κ2) is 7.05. The van der Waals surface area contributed by atoms with Gasteiger partial charge in [0.05, 0.1) is 13.2 Å². The molecule has 0 radical (unpaired) electrons. The molecule has 17 heavy (non-hydrogen) atoms. The van der Waals surface area contributed by atoms with Crippen molar-refractivity contribution in [2.24, 2.45) is 0 Å². The highest BCUT2D eigenvalue weighted by atomic mass is 19.1. The molecular weight excluding hydrogens is 233 g/mol. The van der Waals surface area contributed by atoms with E-state index in [1.807, 2.05) is 0 Å². The highest BCUT2D eigenvalue weighted by molar-refractivity contribution is 5.80. The lowest BCUT2D eigenvalue weighted by atomic mass is 10.2. The van der Waals surface area contributed by atoms with Crippen molar-refractivity contribution in [3.8, 4) is 0 Å². The number of hydrogen-bond donors (Lipinski definition) is 2. The molecular formula is C10H18FNO5. The van der Waals surface area contributed by atoms with Crippen LogP contribution in [-0.2, 0) is 14.3 Å². The first kappa shape index (κ1) is 15.6. The first-order valence-corrected chi connectivity index (χ1v) is 5.12. The number of halogens is 1. The molecule has 0 aliphatic heterocycles. The Kier molecular flexibility index (Phi) is 6.48. The monoisotopic (exact) mass is 251 g/mol. The fraction of sp³-hybridized carbons (Fsp3) is 0.800. The average Bonchev–Trinajstić information content (AvgIpc) is 2.13. The van der Waals surface area contributed by atoms with Crippen LogP contribution < -0.4 is 5.32 Å². The van der Waals surface area contributed by atoms with Crippen molar-refractivity contribution in [1.82, 2.24) is 5.32 Å². The molecule has 0 saturated heterocycles. The summed E-state index contributed by atoms with van der Waals surface area (Å²) in [6.07, 6.45) is -0.853. The minimum atomic E-state index is -1.27. The molecule has 0 heterocycles. The van der Waals surface area contributed by atoms with Crippen LogP contribution in [0.25, 0.3) is 0 Å². The van der Waals surface area contributed by atoms with Gasteiger partial charge in [-0.1, -0.05) is 0 Å². The van der Waals surface area contributed by atoms with Crippen molar-refractivity contribution < 1.29 is 28.6 Å². The number of nitrogens with one attached hydrogen (secondary N) is 1. The van der Waals surface area contributed by atoms with E-state index in [2.05, 4.69) is 5.32 Å². The van der Waals surface area contributed by atoms with E-state index in [9.17, 15) is 14.0 Å². The summed E-state index contributed by atoms with van der Waals surface area (Å²) in [6, 6.07) is -1.25. The molecule has 0 aromatic rings. The third-order valence-corrected chi connectivity index (χ3v) is 1.50. The van der Waals surface area contributed by atoms with E-state index in [1.165, 1.54) is 0 Å². The van der Waals surface area contributed by atoms with Gasteiger partial charge in [-0.2, -0.15) is 0 Å². The number of carbonyl (C=O) groups excluding carboxylic acids is 1. The molecule has 7 heteroatoms. The highest BCUT2D eigenvalue weighted by Gasteiger charge is 2.23. The van der Waals surface area contributed by atoms with Crippen LogP contribution in [0.15, 0.2) is 0 Å². The van der Waals surface area contributed by atoms with Crippen molar-refractivity contribution in [1.29, 1.82) is 0 Å². The van der Waals surface area contributed by atoms with Gasteiger partial charge < -0.3 is 19.9 Å². The van der Waals surface area contributed by atoms with Gasteiger partial charge in [0, 0.05) is 0 Å². The summed E-state index contributed by atoms with van der Waals surface area (Å²) in [4.78, 5) is 22.0. The Morgan fingerprint density at radius 3 is 2.41 bits per heavy atom. The minimum absolute atomic E-state index is 0.209. The van der Waals surface area contributed by atoms with Crippen LogP contribution in [0.3, 0.4) is 0 Å². The van der Waals surface area contributed by atoms with Gasteiger partial charge in [0.25, 0.3) is 0 Å². The number of aliphatic carboxylic acids is 1. The Morgan fingerprint density at radius 2 is 2.00 bits per heavy atom. The number of carboxylic acid groups (broad SMARTS) is 1. The molecule has 2 N–H and O–H groups in total. The zero-order valence-electron chi connectivity index (χ0n) is 10.2. The molecule has 1 amide bonds. The molecule has 0 unspecified atom stereocenters. The van der Waals surface area contributed by atoms with Crippen molar-refractivity contribution in [2.75, 3.05) is 19.9 Å². The smallest absolute Gasteiger partial charge is 0.408 e. The first-order chi connectivity index (χ1) is 7.76. The summed E-state index contributed by atoms with van der Waals surface area (Å²) in [5, 5.41) is 10.9. The minimum Gasteiger partial charge on any atom is -0.480 e. The zero-order chi connectivity index (χ0) is 13.5. The molecule has 6 nitrogen and oxygen atoms in total. The fourth-order valence-electron chi connectivity index (χ4n) is 0.880. The number of alkyl carbamates (subject to hydrolysis) is 1. The van der Waals surface area contributed by atoms with E-state index < -0.39 is 30.4 Å². The maximum absolute atomic E-state index is 11.7. The van der Waals surface area contributed by atoms with Gasteiger partial charge in [-0.25, -0.2) is 14.0 Å². The number of ether oxygens (including phenoxy) is 2. The molecule has 100 valence electrons. The van der Waals surface area contributed by atoms with Crippen LogP contribution >= 0.6 is 0 Å². The second-order valence-electron chi connectivity index (χ2n) is 4.30. The van der Waals surface area contributed by atoms with Crippen LogP contribution in [0.1, 0.15) is 20.8 Å². The highest BCUT2D eigenvalue weighted by Crippen LogP contribution is 2.06. The van der Waals surface area contributed by atoms with E-state index in [0.717, 1.165) is 0 Å². The summed E-state index contributed by atoms with van der Waals surface area (Å²) < 4.78 is 21.3. The number of carboxylic acids is 1. The number of rotatable bonds is 6. The van der Waals surface area contributed by atoms with E-state index in [1.54, 1.807) is 20.8 Å². The third kappa shape index (κ3) is 8.44. The van der Waals surface area contributed by atoms with Crippen LogP contribution in [0.4, 0.5) is 9.18 Å². The Balaban J connectivity index is 4.16. The van der Waals surface area contributed by atoms with Crippen LogP contribution in [-0.4, -0.2) is 48.7 Å². The Morgan fingerprint density at radius 1 is 1.41 bits per heavy atom. The summed E-state index contributed by atoms with van der Waals surface area (Å²) >= 11 is 0. The van der Waals surface area contributed by atoms with Gasteiger partial charge in [0.2, 0.25) is 0 Å². The third-order valence-electron chi connectivity index (χ3n) is 1.50. The lowest BCUT2D eigenvalue weighted by Gasteiger charge is -2.21. The predicted octanol–water partition coefficient (Wildman–Crippen LogP) is 0.950. The lowest BCUT2D eigenvalue weighted by molar-refractivity contribution is -0.141. The molecule has 0 bridgehead atoms. The SMILES string of the molecule is CC(C)(C)OC(=O)N[C@@H](COCCF)C(=O)O. The number of alkyl halides is 1. The van der Waals surface area contributed by atoms with Gasteiger partial charge in [-0.3, -0.25) is 0 Å². The number of amides is 1. The van der Waals surface area contributed by atoms with E-state index in [-0.39, 0.29) is 13.2 Å². The molecule has 0 aliphatic carbocycles. The van der Waals surface area contributed by atoms with Crippen LogP contribution in [0.5, 0.6) is 0 Å². The van der Waals surface area contributed by atoms with E-state index >= 15 is 0 Å². The average molecular weight is 251 g/mol. The molecule has 0 aromatic heterocycles. The van der Waals surface area contributed by atoms with Gasteiger partial charge in [-0.15, -0.1) is 0 Å². The lowest BCUT2D eigenvalue weighted by Crippen LogP contribution is -2.46. The van der Waals surface area contributed by atoms with Crippen LogP contribution in [0.2, 0.25) is 0 Å². The second-order valence-corrected chi connectivity index (χ2v) is 4.30. The molecule has 1 atom stereocenters. The standard InChI is InChI=1S/C10H18FNO5/c1-10(2,3)17-9(15)12-7(8(13)14)6-16-5-4-11/h7H,4-6H2,1-3H3,(H,12,15)(H,13,14)/t7-/m0/s1. The zero-order valence-corrected chi connectivity index (χ0v) is 10.2. The van der Waals surface area contributed by atoms with E-state index in [4.69, 9.17) is 14.6 Å². The maximum Gasteiger partial charge on any atom is 0.408 e. The molecule has 0 spiro atoms. The van der Waals surface area contributed by atoms with E-state index in [0.29, 0.717) is 0 Å². The van der Waals surface area contributed by atoms with Gasteiger partial charge in [0.15, 0.2) is 6.04 Å². The molecule has 0 fully saturated rings. The van der Waals surface area contributed by atoms with Crippen molar-refractivity contribution in [2.45, 2.75) is 32.4 Å². The summed E-state index contributed by atoms with van der Waals surface area (Å²) in [6.45, 7) is 3.74. The molecule has 0 saturated carbocycles. The summed E-state index contributed by atoms with van der Waals surface area (Å²) in [7, 11) is 0. The van der Waals surface area contributed by atoms with Crippen LogP contribution in [0, 0.1) is 0 Å². The summed E-state index contributed by atoms with van der Waals surface area (Å²) in [5.74, 6) is -1.27. The first-order valence-electron chi connectivity index (χ1n) is 5.12. The van der Waals surface area contributed by atoms with Crippen molar-refractivity contribution in [3.63, 3.8) is 0 Å². The molecule has 0 rings (SSSR count). The van der Waals surface area contributed by atoms with Crippen molar-refractivity contribution >= 4 is 12.1 Å². The topological polar surface area (TPSA) is 84.9 Å². The Hall–Kier alpha value is -1.37. The normalized spacial score (nSPS) is 12.9. The Labute approximate surface area is 99.1 Å². The molecule has 0 aromatic carbocycles. The predicted molar refractivity (Wildman–Crippen MR) is 57.6 cm³/mol. The molecule has 0 aliphatic rings. The Bertz CT molecular complexity index is 264. The summed E-state index contributed by atoms with van der Waals surface area (Å²) in [5.41, 5.74) is -0.715. The number of hydrogen-bond acceptors (Lipinski definition) is 4. The maximum atomic E-state index is 11.7. The fourth-order valence-corrected chi connectivity index (χ4v) is 0.880. The van der Waals surface area contributed by atoms with Gasteiger partial charge in [0.1, 0.15) is 12.3 Å². The van der Waals surface area contributed by atoms with Gasteiger partial charge in [-0.05, 0) is 20.8 Å². The number of carbonyl (C=O) groups is 2. The van der Waals surface area contributed by atoms with Crippen molar-refractivity contribution in [3.05, 3.63) is 0 Å². The quantitative estimate of drug-likeness (QED) is 0.686. The van der Waals surface area contributed by atoms with Gasteiger partial charge >= 0.3 is 12.1 Å².